The zero-order chi connectivity index (χ0) is 14.3. The van der Waals surface area contributed by atoms with Crippen LogP contribution in [0.5, 0.6) is 5.75 Å². The molecule has 20 heavy (non-hydrogen) atoms. The number of ether oxygens (including phenoxy) is 2. The molecule has 0 saturated carbocycles. The topological polar surface area (TPSA) is 31.4 Å². The van der Waals surface area contributed by atoms with Crippen LogP contribution in [0.1, 0.15) is 30.7 Å². The molecule has 0 aliphatic carbocycles. The lowest BCUT2D eigenvalue weighted by molar-refractivity contribution is -0.180. The highest BCUT2D eigenvalue weighted by molar-refractivity contribution is 5.66. The molecule has 0 bridgehead atoms. The standard InChI is InChI=1S/C17H19NO2/c1-11-14-10-19-17(3,4)20-16(14)12(2)18-15(11)13-8-6-5-7-9-13/h5-9H,10H2,1-4H3. The Labute approximate surface area is 119 Å². The summed E-state index contributed by atoms with van der Waals surface area (Å²) in [6.07, 6.45) is 0. The Morgan fingerprint density at radius 3 is 2.50 bits per heavy atom. The largest absolute Gasteiger partial charge is 0.461 e. The summed E-state index contributed by atoms with van der Waals surface area (Å²) in [7, 11) is 0. The molecule has 0 amide bonds. The van der Waals surface area contributed by atoms with Crippen LogP contribution in [0, 0.1) is 13.8 Å². The average molecular weight is 269 g/mol. The van der Waals surface area contributed by atoms with Crippen molar-refractivity contribution in [2.45, 2.75) is 40.1 Å². The maximum Gasteiger partial charge on any atom is 0.205 e. The number of aromatic nitrogens is 1. The molecule has 0 spiro atoms. The van der Waals surface area contributed by atoms with Crippen LogP contribution in [-0.2, 0) is 11.3 Å². The molecule has 104 valence electrons. The van der Waals surface area contributed by atoms with Gasteiger partial charge in [-0.05, 0) is 19.4 Å². The normalized spacial score (nSPS) is 16.4. The molecule has 1 aromatic heterocycles. The lowest BCUT2D eigenvalue weighted by Crippen LogP contribution is -2.36. The first-order valence-corrected chi connectivity index (χ1v) is 6.86. The predicted octanol–water partition coefficient (Wildman–Crippen LogP) is 4.01. The van der Waals surface area contributed by atoms with Crippen molar-refractivity contribution in [3.63, 3.8) is 0 Å². The number of rotatable bonds is 1. The van der Waals surface area contributed by atoms with E-state index >= 15 is 0 Å². The smallest absolute Gasteiger partial charge is 0.205 e. The molecular formula is C17H19NO2. The summed E-state index contributed by atoms with van der Waals surface area (Å²) < 4.78 is 11.7. The molecule has 3 nitrogen and oxygen atoms in total. The molecule has 0 fully saturated rings. The van der Waals surface area contributed by atoms with Gasteiger partial charge in [0.25, 0.3) is 0 Å². The van der Waals surface area contributed by atoms with E-state index in [4.69, 9.17) is 14.5 Å². The third-order valence-electron chi connectivity index (χ3n) is 3.65. The monoisotopic (exact) mass is 269 g/mol. The predicted molar refractivity (Wildman–Crippen MR) is 78.6 cm³/mol. The average Bonchev–Trinajstić information content (AvgIpc) is 2.43. The molecule has 0 N–H and O–H groups in total. The molecule has 3 heteroatoms. The first kappa shape index (κ1) is 13.1. The van der Waals surface area contributed by atoms with Gasteiger partial charge in [-0.15, -0.1) is 0 Å². The molecule has 0 unspecified atom stereocenters. The highest BCUT2D eigenvalue weighted by Crippen LogP contribution is 2.38. The van der Waals surface area contributed by atoms with E-state index in [9.17, 15) is 0 Å². The van der Waals surface area contributed by atoms with Gasteiger partial charge in [-0.3, -0.25) is 0 Å². The van der Waals surface area contributed by atoms with Crippen molar-refractivity contribution < 1.29 is 9.47 Å². The van der Waals surface area contributed by atoms with E-state index in [1.807, 2.05) is 39.0 Å². The van der Waals surface area contributed by atoms with Gasteiger partial charge in [0, 0.05) is 25.0 Å². The summed E-state index contributed by atoms with van der Waals surface area (Å²) in [4.78, 5) is 4.74. The van der Waals surface area contributed by atoms with E-state index in [0.717, 1.165) is 33.8 Å². The Morgan fingerprint density at radius 2 is 1.80 bits per heavy atom. The summed E-state index contributed by atoms with van der Waals surface area (Å²) in [6, 6.07) is 10.2. The first-order valence-electron chi connectivity index (χ1n) is 6.86. The number of fused-ring (bicyclic) bond motifs is 1. The van der Waals surface area contributed by atoms with Crippen LogP contribution in [0.2, 0.25) is 0 Å². The lowest BCUT2D eigenvalue weighted by atomic mass is 10.00. The van der Waals surface area contributed by atoms with Gasteiger partial charge in [0.2, 0.25) is 5.79 Å². The highest BCUT2D eigenvalue weighted by atomic mass is 16.7. The Kier molecular flexibility index (Phi) is 3.02. The van der Waals surface area contributed by atoms with E-state index in [0.29, 0.717) is 6.61 Å². The van der Waals surface area contributed by atoms with Crippen LogP contribution in [0.4, 0.5) is 0 Å². The fraction of sp³-hybridized carbons (Fsp3) is 0.353. The quantitative estimate of drug-likeness (QED) is 0.783. The van der Waals surface area contributed by atoms with Gasteiger partial charge in [0.05, 0.1) is 18.0 Å². The second-order valence-corrected chi connectivity index (χ2v) is 5.64. The van der Waals surface area contributed by atoms with Gasteiger partial charge >= 0.3 is 0 Å². The second kappa shape index (κ2) is 4.60. The van der Waals surface area contributed by atoms with Crippen molar-refractivity contribution >= 4 is 0 Å². The maximum atomic E-state index is 5.94. The highest BCUT2D eigenvalue weighted by Gasteiger charge is 2.31. The van der Waals surface area contributed by atoms with Crippen LogP contribution in [0.15, 0.2) is 30.3 Å². The van der Waals surface area contributed by atoms with Gasteiger partial charge in [0.15, 0.2) is 0 Å². The summed E-state index contributed by atoms with van der Waals surface area (Å²) in [5, 5.41) is 0. The zero-order valence-corrected chi connectivity index (χ0v) is 12.4. The Bertz CT molecular complexity index is 648. The van der Waals surface area contributed by atoms with Crippen molar-refractivity contribution in [3.8, 4) is 17.0 Å². The van der Waals surface area contributed by atoms with E-state index < -0.39 is 5.79 Å². The molecule has 1 aliphatic heterocycles. The number of nitrogens with zero attached hydrogens (tertiary/aromatic N) is 1. The van der Waals surface area contributed by atoms with Crippen LogP contribution in [0.3, 0.4) is 0 Å². The lowest BCUT2D eigenvalue weighted by Gasteiger charge is -2.34. The van der Waals surface area contributed by atoms with Gasteiger partial charge in [-0.25, -0.2) is 4.98 Å². The fourth-order valence-corrected chi connectivity index (χ4v) is 2.54. The van der Waals surface area contributed by atoms with Crippen LogP contribution < -0.4 is 4.74 Å². The van der Waals surface area contributed by atoms with Crippen molar-refractivity contribution in [3.05, 3.63) is 47.2 Å². The summed E-state index contributed by atoms with van der Waals surface area (Å²) >= 11 is 0. The first-order chi connectivity index (χ1) is 9.48. The number of hydrogen-bond acceptors (Lipinski definition) is 3. The van der Waals surface area contributed by atoms with Crippen LogP contribution >= 0.6 is 0 Å². The van der Waals surface area contributed by atoms with Gasteiger partial charge in [-0.2, -0.15) is 0 Å². The van der Waals surface area contributed by atoms with Gasteiger partial charge < -0.3 is 9.47 Å². The fourth-order valence-electron chi connectivity index (χ4n) is 2.54. The molecule has 0 atom stereocenters. The molecule has 2 heterocycles. The SMILES string of the molecule is Cc1nc(-c2ccccc2)c(C)c2c1OC(C)(C)OC2. The molecule has 3 rings (SSSR count). The van der Waals surface area contributed by atoms with E-state index in [2.05, 4.69) is 19.1 Å². The van der Waals surface area contributed by atoms with Crippen molar-refractivity contribution in [2.75, 3.05) is 0 Å². The Morgan fingerprint density at radius 1 is 1.10 bits per heavy atom. The van der Waals surface area contributed by atoms with E-state index in [1.165, 1.54) is 0 Å². The molecule has 1 aliphatic rings. The number of hydrogen-bond donors (Lipinski definition) is 0. The third kappa shape index (κ3) is 2.18. The minimum absolute atomic E-state index is 0.567. The molecule has 1 aromatic carbocycles. The molecule has 0 radical (unpaired) electrons. The summed E-state index contributed by atoms with van der Waals surface area (Å²) in [5.74, 6) is 0.290. The second-order valence-electron chi connectivity index (χ2n) is 5.64. The number of benzene rings is 1. The minimum Gasteiger partial charge on any atom is -0.461 e. The summed E-state index contributed by atoms with van der Waals surface area (Å²) in [6.45, 7) is 8.49. The van der Waals surface area contributed by atoms with Crippen molar-refractivity contribution in [1.29, 1.82) is 0 Å². The van der Waals surface area contributed by atoms with Crippen LogP contribution in [0.25, 0.3) is 11.3 Å². The van der Waals surface area contributed by atoms with Crippen LogP contribution in [-0.4, -0.2) is 10.8 Å². The molecular weight excluding hydrogens is 250 g/mol. The van der Waals surface area contributed by atoms with E-state index in [-0.39, 0.29) is 0 Å². The maximum absolute atomic E-state index is 5.94. The number of pyridine rings is 1. The third-order valence-corrected chi connectivity index (χ3v) is 3.65. The Hall–Kier alpha value is -1.87. The summed E-state index contributed by atoms with van der Waals surface area (Å²) in [5.41, 5.74) is 5.29. The number of aryl methyl sites for hydroxylation is 1. The van der Waals surface area contributed by atoms with Gasteiger partial charge in [0.1, 0.15) is 5.75 Å². The van der Waals surface area contributed by atoms with Gasteiger partial charge in [-0.1, -0.05) is 30.3 Å². The van der Waals surface area contributed by atoms with E-state index in [1.54, 1.807) is 0 Å². The van der Waals surface area contributed by atoms with Crippen molar-refractivity contribution in [1.82, 2.24) is 4.98 Å². The molecule has 2 aromatic rings. The van der Waals surface area contributed by atoms with Crippen molar-refractivity contribution in [2.24, 2.45) is 0 Å². The zero-order valence-electron chi connectivity index (χ0n) is 12.4. The minimum atomic E-state index is -0.583. The Balaban J connectivity index is 2.16. The molecule has 0 saturated heterocycles.